The number of aromatic nitrogens is 6. The van der Waals surface area contributed by atoms with Gasteiger partial charge < -0.3 is 10.0 Å². The van der Waals surface area contributed by atoms with Gasteiger partial charge in [-0.05, 0) is 37.6 Å². The number of carbonyl (C=O) groups is 2. The maximum atomic E-state index is 13.4. The fourth-order valence-electron chi connectivity index (χ4n) is 4.64. The molecule has 41 heavy (non-hydrogen) atoms. The Hall–Kier alpha value is -4.33. The van der Waals surface area contributed by atoms with E-state index in [4.69, 9.17) is 11.6 Å². The number of carbonyl (C=O) groups excluding carboxylic acids is 1. The summed E-state index contributed by atoms with van der Waals surface area (Å²) in [4.78, 5) is 26.7. The summed E-state index contributed by atoms with van der Waals surface area (Å²) in [5.74, 6) is 0.492. The molecule has 5 rings (SSSR count). The number of carboxylic acid groups (broad SMARTS) is 1. The normalized spacial score (nSPS) is 13.7. The molecule has 15 heteroatoms. The monoisotopic (exact) mass is 590 g/mol. The Morgan fingerprint density at radius 1 is 1.17 bits per heavy atom. The molecule has 0 saturated carbocycles. The lowest BCUT2D eigenvalue weighted by atomic mass is 10.1. The van der Waals surface area contributed by atoms with Crippen LogP contribution in [0.3, 0.4) is 0 Å². The number of aryl methyl sites for hydroxylation is 1. The molecule has 2 amide bonds. The van der Waals surface area contributed by atoms with Gasteiger partial charge in [0.25, 0.3) is 0 Å². The Morgan fingerprint density at radius 2 is 1.88 bits per heavy atom. The molecule has 11 nitrogen and oxygen atoms in total. The second kappa shape index (κ2) is 10.6. The molecular formula is C26H26ClF3N8O3. The quantitative estimate of drug-likeness (QED) is 0.315. The molecule has 0 atom stereocenters. The summed E-state index contributed by atoms with van der Waals surface area (Å²) >= 11 is 6.41. The third kappa shape index (κ3) is 5.51. The van der Waals surface area contributed by atoms with E-state index in [1.807, 2.05) is 13.8 Å². The van der Waals surface area contributed by atoms with Crippen molar-refractivity contribution in [2.45, 2.75) is 52.1 Å². The van der Waals surface area contributed by atoms with Crippen LogP contribution in [-0.4, -0.2) is 58.4 Å². The van der Waals surface area contributed by atoms with E-state index >= 15 is 0 Å². The predicted octanol–water partition coefficient (Wildman–Crippen LogP) is 5.23. The first-order valence-corrected chi connectivity index (χ1v) is 13.0. The number of benzene rings is 1. The molecule has 0 saturated heterocycles. The highest BCUT2D eigenvalue weighted by Gasteiger charge is 2.35. The van der Waals surface area contributed by atoms with Gasteiger partial charge in [0, 0.05) is 25.6 Å². The molecule has 0 radical (unpaired) electrons. The SMILES string of the molecule is CC(C)n1ncc(Cl)c1-c1cc2n(n1)CCC(=O)N2Cc1ccc(-n2nc(C(F)(F)F)cc2CN(C)C(=O)O)cc1. The predicted molar refractivity (Wildman–Crippen MR) is 143 cm³/mol. The van der Waals surface area contributed by atoms with E-state index in [1.165, 1.54) is 7.05 Å². The minimum Gasteiger partial charge on any atom is -0.465 e. The maximum absolute atomic E-state index is 13.4. The van der Waals surface area contributed by atoms with Gasteiger partial charge in [-0.25, -0.2) is 14.2 Å². The van der Waals surface area contributed by atoms with Gasteiger partial charge in [-0.3, -0.25) is 14.4 Å². The van der Waals surface area contributed by atoms with Crippen molar-refractivity contribution in [2.24, 2.45) is 0 Å². The molecule has 1 aliphatic heterocycles. The highest BCUT2D eigenvalue weighted by molar-refractivity contribution is 6.33. The Kier molecular flexibility index (Phi) is 7.28. The summed E-state index contributed by atoms with van der Waals surface area (Å²) in [7, 11) is 1.26. The van der Waals surface area contributed by atoms with Gasteiger partial charge in [-0.2, -0.15) is 28.5 Å². The molecule has 0 bridgehead atoms. The number of fused-ring (bicyclic) bond motifs is 1. The topological polar surface area (TPSA) is 114 Å². The van der Waals surface area contributed by atoms with Gasteiger partial charge in [0.15, 0.2) is 5.69 Å². The maximum Gasteiger partial charge on any atom is 0.435 e. The molecule has 1 N–H and O–H groups in total. The zero-order valence-electron chi connectivity index (χ0n) is 22.3. The second-order valence-corrected chi connectivity index (χ2v) is 10.4. The minimum absolute atomic E-state index is 0.0412. The highest BCUT2D eigenvalue weighted by Crippen LogP contribution is 2.34. The summed E-state index contributed by atoms with van der Waals surface area (Å²) < 4.78 is 44.7. The van der Waals surface area contributed by atoms with Crippen LogP contribution < -0.4 is 4.90 Å². The Morgan fingerprint density at radius 3 is 2.51 bits per heavy atom. The van der Waals surface area contributed by atoms with Gasteiger partial charge in [0.1, 0.15) is 17.2 Å². The fraction of sp³-hybridized carbons (Fsp3) is 0.346. The molecular weight excluding hydrogens is 565 g/mol. The van der Waals surface area contributed by atoms with Crippen molar-refractivity contribution >= 4 is 29.4 Å². The Bertz CT molecular complexity index is 1610. The first-order valence-electron chi connectivity index (χ1n) is 12.6. The lowest BCUT2D eigenvalue weighted by Crippen LogP contribution is -2.36. The van der Waals surface area contributed by atoms with Gasteiger partial charge in [-0.15, -0.1) is 0 Å². The number of halogens is 4. The van der Waals surface area contributed by atoms with Crippen LogP contribution in [-0.2, 0) is 30.6 Å². The molecule has 4 heterocycles. The second-order valence-electron chi connectivity index (χ2n) is 9.96. The number of alkyl halides is 3. The van der Waals surface area contributed by atoms with E-state index in [9.17, 15) is 27.9 Å². The molecule has 0 unspecified atom stereocenters. The van der Waals surface area contributed by atoms with Crippen LogP contribution in [0.2, 0.25) is 5.02 Å². The van der Waals surface area contributed by atoms with Crippen molar-refractivity contribution in [3.8, 4) is 17.1 Å². The summed E-state index contributed by atoms with van der Waals surface area (Å²) in [6.07, 6.45) is -4.18. The van der Waals surface area contributed by atoms with Crippen molar-refractivity contribution in [1.82, 2.24) is 34.2 Å². The largest absolute Gasteiger partial charge is 0.465 e. The first kappa shape index (κ1) is 28.2. The smallest absolute Gasteiger partial charge is 0.435 e. The van der Waals surface area contributed by atoms with Crippen LogP contribution in [0.1, 0.15) is 43.3 Å². The van der Waals surface area contributed by atoms with Crippen molar-refractivity contribution in [1.29, 1.82) is 0 Å². The van der Waals surface area contributed by atoms with Gasteiger partial charge in [0.05, 0.1) is 42.2 Å². The number of amides is 2. The van der Waals surface area contributed by atoms with E-state index in [1.54, 1.807) is 50.8 Å². The summed E-state index contributed by atoms with van der Waals surface area (Å²) in [5.41, 5.74) is 1.20. The molecule has 216 valence electrons. The third-order valence-electron chi connectivity index (χ3n) is 6.68. The minimum atomic E-state index is -4.70. The molecule has 1 aromatic carbocycles. The van der Waals surface area contributed by atoms with Crippen LogP contribution in [0.15, 0.2) is 42.6 Å². The average Bonchev–Trinajstić information content (AvgIpc) is 3.62. The third-order valence-corrected chi connectivity index (χ3v) is 6.95. The number of hydrogen-bond donors (Lipinski definition) is 1. The molecule has 1 aliphatic rings. The summed E-state index contributed by atoms with van der Waals surface area (Å²) in [5, 5.41) is 22.3. The van der Waals surface area contributed by atoms with Crippen LogP contribution >= 0.6 is 11.6 Å². The van der Waals surface area contributed by atoms with Crippen molar-refractivity contribution in [3.63, 3.8) is 0 Å². The lowest BCUT2D eigenvalue weighted by Gasteiger charge is -2.27. The summed E-state index contributed by atoms with van der Waals surface area (Å²) in [6.45, 7) is 4.26. The van der Waals surface area contributed by atoms with Crippen molar-refractivity contribution < 1.29 is 27.9 Å². The lowest BCUT2D eigenvalue weighted by molar-refractivity contribution is -0.141. The standard InChI is InChI=1S/C26H26ClF3N8O3/c1-15(2)37-24(19(27)12-31-37)20-11-22-35(23(39)8-9-36(22)32-20)13-16-4-6-17(7-5-16)38-18(14-34(3)25(40)41)10-21(33-38)26(28,29)30/h4-7,10-12,15H,8-9,13-14H2,1-3H3,(H,40,41). The first-order chi connectivity index (χ1) is 19.3. The van der Waals surface area contributed by atoms with Gasteiger partial charge >= 0.3 is 12.3 Å². The van der Waals surface area contributed by atoms with Crippen LogP contribution in [0.25, 0.3) is 17.1 Å². The van der Waals surface area contributed by atoms with Crippen molar-refractivity contribution in [2.75, 3.05) is 11.9 Å². The molecule has 3 aromatic heterocycles. The summed E-state index contributed by atoms with van der Waals surface area (Å²) in [6, 6.07) is 9.18. The van der Waals surface area contributed by atoms with Crippen LogP contribution in [0.4, 0.5) is 23.8 Å². The molecule has 4 aromatic rings. The Labute approximate surface area is 237 Å². The van der Waals surface area contributed by atoms with Gasteiger partial charge in [-0.1, -0.05) is 23.7 Å². The van der Waals surface area contributed by atoms with E-state index < -0.39 is 18.0 Å². The van der Waals surface area contributed by atoms with Crippen LogP contribution in [0.5, 0.6) is 0 Å². The zero-order valence-corrected chi connectivity index (χ0v) is 23.1. The Balaban J connectivity index is 1.43. The fourth-order valence-corrected chi connectivity index (χ4v) is 4.87. The number of hydrogen-bond acceptors (Lipinski definition) is 5. The number of rotatable bonds is 7. The van der Waals surface area contributed by atoms with Crippen molar-refractivity contribution in [3.05, 3.63) is 64.6 Å². The average molecular weight is 591 g/mol. The number of nitrogens with zero attached hydrogens (tertiary/aromatic N) is 8. The number of anilines is 1. The van der Waals surface area contributed by atoms with E-state index in [2.05, 4.69) is 15.3 Å². The van der Waals surface area contributed by atoms with E-state index in [0.29, 0.717) is 34.5 Å². The van der Waals surface area contributed by atoms with E-state index in [-0.39, 0.29) is 37.2 Å². The molecule has 0 fully saturated rings. The van der Waals surface area contributed by atoms with E-state index in [0.717, 1.165) is 21.2 Å². The zero-order chi connectivity index (χ0) is 29.6. The van der Waals surface area contributed by atoms with Gasteiger partial charge in [0.2, 0.25) is 5.91 Å². The van der Waals surface area contributed by atoms with Crippen LogP contribution in [0, 0.1) is 0 Å². The molecule has 0 aliphatic carbocycles. The highest BCUT2D eigenvalue weighted by atomic mass is 35.5. The molecule has 0 spiro atoms.